The van der Waals surface area contributed by atoms with Crippen LogP contribution in [0.5, 0.6) is 0 Å². The lowest BCUT2D eigenvalue weighted by molar-refractivity contribution is 0.0970. The van der Waals surface area contributed by atoms with Crippen LogP contribution in [0.1, 0.15) is 47.1 Å². The van der Waals surface area contributed by atoms with Gasteiger partial charge < -0.3 is 4.57 Å². The fourth-order valence-corrected chi connectivity index (χ4v) is 3.87. The number of carbonyl (C=O) groups excluding carboxylic acids is 1. The molecule has 30 heavy (non-hydrogen) atoms. The van der Waals surface area contributed by atoms with E-state index in [0.717, 1.165) is 17.1 Å². The van der Waals surface area contributed by atoms with Crippen molar-refractivity contribution >= 4 is 16.8 Å². The second kappa shape index (κ2) is 7.40. The summed E-state index contributed by atoms with van der Waals surface area (Å²) in [5.74, 6) is 0.340. The predicted molar refractivity (Wildman–Crippen MR) is 116 cm³/mol. The zero-order valence-corrected chi connectivity index (χ0v) is 17.9. The molecule has 3 aromatic heterocycles. The van der Waals surface area contributed by atoms with Crippen molar-refractivity contribution in [2.75, 3.05) is 0 Å². The van der Waals surface area contributed by atoms with E-state index in [1.807, 2.05) is 19.9 Å². The van der Waals surface area contributed by atoms with Crippen LogP contribution in [0.4, 0.5) is 0 Å². The van der Waals surface area contributed by atoms with Crippen molar-refractivity contribution in [3.8, 4) is 5.69 Å². The molecule has 0 unspecified atom stereocenters. The molecule has 154 valence electrons. The molecule has 0 amide bonds. The highest BCUT2D eigenvalue weighted by Gasteiger charge is 2.18. The third kappa shape index (κ3) is 3.26. The molecule has 4 aromatic rings. The first-order chi connectivity index (χ1) is 14.3. The zero-order chi connectivity index (χ0) is 21.6. The first-order valence-corrected chi connectivity index (χ1v) is 9.97. The Bertz CT molecular complexity index is 1310. The van der Waals surface area contributed by atoms with E-state index in [4.69, 9.17) is 0 Å². The molecule has 7 heteroatoms. The Balaban J connectivity index is 1.67. The lowest BCUT2D eigenvalue weighted by Crippen LogP contribution is -2.24. The van der Waals surface area contributed by atoms with E-state index in [-0.39, 0.29) is 17.9 Å². The summed E-state index contributed by atoms with van der Waals surface area (Å²) < 4.78 is 4.96. The molecule has 3 heterocycles. The minimum Gasteiger partial charge on any atom is -0.318 e. The molecule has 0 fully saturated rings. The first-order valence-electron chi connectivity index (χ1n) is 9.97. The Morgan fingerprint density at radius 1 is 1.13 bits per heavy atom. The van der Waals surface area contributed by atoms with Crippen molar-refractivity contribution in [3.63, 3.8) is 0 Å². The molecule has 0 bridgehead atoms. The van der Waals surface area contributed by atoms with Crippen LogP contribution >= 0.6 is 0 Å². The Labute approximate surface area is 174 Å². The van der Waals surface area contributed by atoms with E-state index >= 15 is 0 Å². The van der Waals surface area contributed by atoms with Gasteiger partial charge >= 0.3 is 0 Å². The van der Waals surface area contributed by atoms with Gasteiger partial charge in [0.1, 0.15) is 11.7 Å². The number of fused-ring (bicyclic) bond motifs is 1. The number of hydrogen-bond donors (Lipinski definition) is 0. The van der Waals surface area contributed by atoms with Crippen molar-refractivity contribution in [1.82, 2.24) is 23.9 Å². The number of rotatable bonds is 5. The second-order valence-corrected chi connectivity index (χ2v) is 7.97. The molecule has 7 nitrogen and oxygen atoms in total. The van der Waals surface area contributed by atoms with Crippen molar-refractivity contribution < 1.29 is 4.79 Å². The van der Waals surface area contributed by atoms with Crippen molar-refractivity contribution in [3.05, 3.63) is 75.7 Å². The molecule has 0 atom stereocenters. The number of Topliss-reactive ketones (excluding diaryl/α,β-unsaturated/α-hetero) is 1. The summed E-state index contributed by atoms with van der Waals surface area (Å²) in [5, 5.41) is 4.47. The van der Waals surface area contributed by atoms with Gasteiger partial charge in [0.25, 0.3) is 5.56 Å². The van der Waals surface area contributed by atoms with Crippen LogP contribution in [0.15, 0.2) is 47.7 Å². The molecule has 1 aromatic carbocycles. The average Bonchev–Trinajstić information content (AvgIpc) is 3.24. The van der Waals surface area contributed by atoms with E-state index in [0.29, 0.717) is 22.5 Å². The van der Waals surface area contributed by atoms with Gasteiger partial charge in [-0.05, 0) is 43.5 Å². The maximum Gasteiger partial charge on any atom is 0.264 e. The Morgan fingerprint density at radius 3 is 2.50 bits per heavy atom. The largest absolute Gasteiger partial charge is 0.318 e. The monoisotopic (exact) mass is 403 g/mol. The first kappa shape index (κ1) is 19.8. The smallest absolute Gasteiger partial charge is 0.264 e. The average molecular weight is 403 g/mol. The van der Waals surface area contributed by atoms with E-state index in [1.54, 1.807) is 11.7 Å². The molecule has 0 saturated heterocycles. The summed E-state index contributed by atoms with van der Waals surface area (Å²) in [6.07, 6.45) is 2.90. The minimum atomic E-state index is -0.264. The van der Waals surface area contributed by atoms with Gasteiger partial charge in [0, 0.05) is 29.7 Å². The summed E-state index contributed by atoms with van der Waals surface area (Å²) >= 11 is 0. The van der Waals surface area contributed by atoms with Gasteiger partial charge in [-0.3, -0.25) is 18.8 Å². The highest BCUT2D eigenvalue weighted by molar-refractivity contribution is 5.97. The highest BCUT2D eigenvalue weighted by atomic mass is 16.1. The van der Waals surface area contributed by atoms with Crippen molar-refractivity contribution in [2.24, 2.45) is 7.05 Å². The van der Waals surface area contributed by atoms with Gasteiger partial charge in [-0.2, -0.15) is 5.10 Å². The summed E-state index contributed by atoms with van der Waals surface area (Å²) in [4.78, 5) is 30.0. The number of nitrogens with zero attached hydrogens (tertiary/aromatic N) is 5. The number of benzene rings is 1. The SMILES string of the molecule is Cc1cc(C(=O)Cn2cnc3c(cnn3C)c2=O)c(C)n1-c1ccc(C(C)C)cc1. The molecule has 0 aliphatic rings. The fraction of sp³-hybridized carbons (Fsp3) is 0.304. The van der Waals surface area contributed by atoms with E-state index in [9.17, 15) is 9.59 Å². The summed E-state index contributed by atoms with van der Waals surface area (Å²) in [6.45, 7) is 8.18. The lowest BCUT2D eigenvalue weighted by Gasteiger charge is -2.12. The van der Waals surface area contributed by atoms with Gasteiger partial charge in [0.2, 0.25) is 0 Å². The molecule has 0 saturated carbocycles. The number of aryl methyl sites for hydroxylation is 2. The Hall–Kier alpha value is -3.48. The number of hydrogen-bond acceptors (Lipinski definition) is 4. The van der Waals surface area contributed by atoms with E-state index in [2.05, 4.69) is 52.8 Å². The molecule has 0 aliphatic carbocycles. The minimum absolute atomic E-state index is 0.0623. The van der Waals surface area contributed by atoms with Gasteiger partial charge in [-0.25, -0.2) is 4.98 Å². The third-order valence-electron chi connectivity index (χ3n) is 5.58. The zero-order valence-electron chi connectivity index (χ0n) is 17.9. The summed E-state index contributed by atoms with van der Waals surface area (Å²) in [6, 6.07) is 10.3. The van der Waals surface area contributed by atoms with Gasteiger partial charge in [-0.15, -0.1) is 0 Å². The number of aromatic nitrogens is 5. The van der Waals surface area contributed by atoms with Crippen LogP contribution in [0, 0.1) is 13.8 Å². The third-order valence-corrected chi connectivity index (χ3v) is 5.58. The van der Waals surface area contributed by atoms with Crippen LogP contribution in [0.3, 0.4) is 0 Å². The molecule has 0 radical (unpaired) electrons. The molecule has 0 aliphatic heterocycles. The lowest BCUT2D eigenvalue weighted by atomic mass is 10.0. The predicted octanol–water partition coefficient (Wildman–Crippen LogP) is 3.54. The quantitative estimate of drug-likeness (QED) is 0.478. The Kier molecular flexibility index (Phi) is 4.89. The maximum absolute atomic E-state index is 13.0. The van der Waals surface area contributed by atoms with Gasteiger partial charge in [-0.1, -0.05) is 26.0 Å². The van der Waals surface area contributed by atoms with Gasteiger partial charge in [0.15, 0.2) is 11.4 Å². The molecule has 0 N–H and O–H groups in total. The normalized spacial score (nSPS) is 11.5. The van der Waals surface area contributed by atoms with Crippen molar-refractivity contribution in [1.29, 1.82) is 0 Å². The molecule has 4 rings (SSSR count). The standard InChI is InChI=1S/C23H25N5O2/c1-14(2)17-6-8-18(9-7-17)28-15(3)10-19(16(28)4)21(29)12-27-13-24-22-20(23(27)30)11-25-26(22)5/h6-11,13-14H,12H2,1-5H3. The van der Waals surface area contributed by atoms with Crippen LogP contribution in [0.2, 0.25) is 0 Å². The summed E-state index contributed by atoms with van der Waals surface area (Å²) in [5.41, 5.74) is 4.98. The summed E-state index contributed by atoms with van der Waals surface area (Å²) in [7, 11) is 1.73. The van der Waals surface area contributed by atoms with E-state index < -0.39 is 0 Å². The van der Waals surface area contributed by atoms with Gasteiger partial charge in [0.05, 0.1) is 12.7 Å². The molecular formula is C23H25N5O2. The van der Waals surface area contributed by atoms with Crippen LogP contribution in [-0.2, 0) is 13.6 Å². The fourth-order valence-electron chi connectivity index (χ4n) is 3.87. The Morgan fingerprint density at radius 2 is 1.83 bits per heavy atom. The maximum atomic E-state index is 13.0. The highest BCUT2D eigenvalue weighted by Crippen LogP contribution is 2.23. The second-order valence-electron chi connectivity index (χ2n) is 7.97. The van der Waals surface area contributed by atoms with E-state index in [1.165, 1.54) is 22.7 Å². The number of carbonyl (C=O) groups is 1. The molecular weight excluding hydrogens is 378 g/mol. The number of ketones is 1. The topological polar surface area (TPSA) is 74.7 Å². The van der Waals surface area contributed by atoms with Crippen LogP contribution in [0.25, 0.3) is 16.7 Å². The molecule has 0 spiro atoms. The van der Waals surface area contributed by atoms with Crippen molar-refractivity contribution in [2.45, 2.75) is 40.2 Å². The van der Waals surface area contributed by atoms with Crippen LogP contribution < -0.4 is 5.56 Å². The van der Waals surface area contributed by atoms with Crippen LogP contribution in [-0.4, -0.2) is 29.7 Å².